The van der Waals surface area contributed by atoms with E-state index >= 15 is 0 Å². The van der Waals surface area contributed by atoms with Crippen molar-refractivity contribution in [3.8, 4) is 0 Å². The summed E-state index contributed by atoms with van der Waals surface area (Å²) in [5, 5.41) is 10.8. The zero-order valence-corrected chi connectivity index (χ0v) is 8.41. The molecule has 1 saturated heterocycles. The Balaban J connectivity index is 2.71. The Morgan fingerprint density at radius 1 is 1.77 bits per heavy atom. The number of ether oxygens (including phenoxy) is 1. The fraction of sp³-hybridized carbons (Fsp3) is 0.889. The molecule has 0 radical (unpaired) electrons. The third-order valence-corrected chi connectivity index (χ3v) is 2.69. The minimum absolute atomic E-state index is 0.0365. The summed E-state index contributed by atoms with van der Waals surface area (Å²) in [7, 11) is 0. The van der Waals surface area contributed by atoms with Gasteiger partial charge in [-0.05, 0) is 33.6 Å². The molecule has 0 spiro atoms. The van der Waals surface area contributed by atoms with Gasteiger partial charge in [-0.25, -0.2) is 4.79 Å². The van der Waals surface area contributed by atoms with Crippen molar-refractivity contribution in [1.29, 1.82) is 0 Å². The molecule has 0 aromatic rings. The topological polar surface area (TPSA) is 49.8 Å². The van der Waals surface area contributed by atoms with Crippen molar-refractivity contribution in [3.05, 3.63) is 0 Å². The summed E-state index contributed by atoms with van der Waals surface area (Å²) in [4.78, 5) is 11.5. The van der Waals surface area contributed by atoms with Crippen molar-refractivity contribution in [2.24, 2.45) is 0 Å². The lowest BCUT2D eigenvalue weighted by Gasteiger charge is -2.29. The van der Waals surface area contributed by atoms with Crippen LogP contribution in [-0.2, 0) is 9.53 Å². The minimum atomic E-state index is -0.838. The summed E-state index contributed by atoms with van der Waals surface area (Å²) in [5.74, 6) is -0.332. The average Bonchev–Trinajstić information content (AvgIpc) is 2.35. The van der Waals surface area contributed by atoms with Crippen molar-refractivity contribution in [2.45, 2.75) is 45.2 Å². The number of rotatable bonds is 2. The molecule has 0 amide bonds. The standard InChI is InChI=1S/C9H17NO3/c1-4-13-8(11)9(3)6-5-7(2)10(9)12/h7,12H,4-6H2,1-3H3/t7-,9+/m1/s1. The smallest absolute Gasteiger partial charge is 0.328 e. The van der Waals surface area contributed by atoms with E-state index in [0.717, 1.165) is 11.5 Å². The molecule has 4 nitrogen and oxygen atoms in total. The van der Waals surface area contributed by atoms with Crippen LogP contribution < -0.4 is 0 Å². The highest BCUT2D eigenvalue weighted by atomic mass is 16.6. The number of hydrogen-bond donors (Lipinski definition) is 1. The number of hydroxylamine groups is 2. The van der Waals surface area contributed by atoms with E-state index in [1.54, 1.807) is 13.8 Å². The fourth-order valence-electron chi connectivity index (χ4n) is 1.70. The van der Waals surface area contributed by atoms with Gasteiger partial charge < -0.3 is 9.94 Å². The summed E-state index contributed by atoms with van der Waals surface area (Å²) < 4.78 is 4.91. The molecule has 1 aliphatic heterocycles. The summed E-state index contributed by atoms with van der Waals surface area (Å²) in [6, 6.07) is 0.0365. The first-order valence-corrected chi connectivity index (χ1v) is 4.67. The molecule has 1 rings (SSSR count). The Morgan fingerprint density at radius 2 is 2.38 bits per heavy atom. The second-order valence-corrected chi connectivity index (χ2v) is 3.73. The number of hydrogen-bond acceptors (Lipinski definition) is 4. The normalized spacial score (nSPS) is 34.9. The SMILES string of the molecule is CCOC(=O)[C@]1(C)CC[C@@H](C)N1O. The van der Waals surface area contributed by atoms with Gasteiger partial charge in [0.15, 0.2) is 0 Å². The van der Waals surface area contributed by atoms with E-state index < -0.39 is 5.54 Å². The number of esters is 1. The molecule has 0 aromatic heterocycles. The molecule has 0 unspecified atom stereocenters. The second-order valence-electron chi connectivity index (χ2n) is 3.73. The molecule has 76 valence electrons. The first-order valence-electron chi connectivity index (χ1n) is 4.67. The zero-order chi connectivity index (χ0) is 10.1. The van der Waals surface area contributed by atoms with Gasteiger partial charge in [-0.15, -0.1) is 0 Å². The van der Waals surface area contributed by atoms with E-state index in [9.17, 15) is 10.0 Å². The molecule has 1 fully saturated rings. The van der Waals surface area contributed by atoms with Crippen LogP contribution in [0.4, 0.5) is 0 Å². The molecular formula is C9H17NO3. The van der Waals surface area contributed by atoms with E-state index in [1.807, 2.05) is 6.92 Å². The molecule has 0 saturated carbocycles. The highest BCUT2D eigenvalue weighted by Crippen LogP contribution is 2.32. The largest absolute Gasteiger partial charge is 0.465 e. The van der Waals surface area contributed by atoms with Crippen LogP contribution in [0.15, 0.2) is 0 Å². The quantitative estimate of drug-likeness (QED) is 0.659. The van der Waals surface area contributed by atoms with Gasteiger partial charge in [0.1, 0.15) is 5.54 Å². The molecular weight excluding hydrogens is 170 g/mol. The molecule has 0 aliphatic carbocycles. The van der Waals surface area contributed by atoms with Crippen molar-refractivity contribution >= 4 is 5.97 Å². The lowest BCUT2D eigenvalue weighted by molar-refractivity contribution is -0.195. The van der Waals surface area contributed by atoms with E-state index in [-0.39, 0.29) is 12.0 Å². The maximum Gasteiger partial charge on any atom is 0.328 e. The maximum absolute atomic E-state index is 11.5. The summed E-state index contributed by atoms with van der Waals surface area (Å²) in [6.07, 6.45) is 1.48. The third-order valence-electron chi connectivity index (χ3n) is 2.69. The Hall–Kier alpha value is -0.610. The Bertz CT molecular complexity index is 207. The monoisotopic (exact) mass is 187 g/mol. The van der Waals surface area contributed by atoms with Gasteiger partial charge in [0.05, 0.1) is 6.61 Å². The van der Waals surface area contributed by atoms with Gasteiger partial charge in [-0.1, -0.05) is 0 Å². The van der Waals surface area contributed by atoms with E-state index in [4.69, 9.17) is 4.74 Å². The first kappa shape index (κ1) is 10.5. The highest BCUT2D eigenvalue weighted by Gasteiger charge is 2.47. The van der Waals surface area contributed by atoms with Gasteiger partial charge in [0.25, 0.3) is 0 Å². The van der Waals surface area contributed by atoms with E-state index in [1.165, 1.54) is 0 Å². The molecule has 13 heavy (non-hydrogen) atoms. The zero-order valence-electron chi connectivity index (χ0n) is 8.41. The first-order chi connectivity index (χ1) is 6.02. The molecule has 1 heterocycles. The Kier molecular flexibility index (Phi) is 2.93. The fourth-order valence-corrected chi connectivity index (χ4v) is 1.70. The molecule has 1 N–H and O–H groups in total. The minimum Gasteiger partial charge on any atom is -0.465 e. The van der Waals surface area contributed by atoms with E-state index in [0.29, 0.717) is 13.0 Å². The predicted molar refractivity (Wildman–Crippen MR) is 47.4 cm³/mol. The molecule has 4 heteroatoms. The van der Waals surface area contributed by atoms with Gasteiger partial charge >= 0.3 is 5.97 Å². The number of carbonyl (C=O) groups excluding carboxylic acids is 1. The van der Waals surface area contributed by atoms with Crippen LogP contribution >= 0.6 is 0 Å². The molecule has 1 aliphatic rings. The number of nitrogens with zero attached hydrogens (tertiary/aromatic N) is 1. The average molecular weight is 187 g/mol. The second kappa shape index (κ2) is 3.64. The van der Waals surface area contributed by atoms with Crippen molar-refractivity contribution in [2.75, 3.05) is 6.61 Å². The van der Waals surface area contributed by atoms with Crippen molar-refractivity contribution in [3.63, 3.8) is 0 Å². The highest BCUT2D eigenvalue weighted by molar-refractivity contribution is 5.80. The van der Waals surface area contributed by atoms with Crippen LogP contribution in [-0.4, -0.2) is 34.4 Å². The lowest BCUT2D eigenvalue weighted by atomic mass is 10.0. The van der Waals surface area contributed by atoms with Crippen LogP contribution in [0.1, 0.15) is 33.6 Å². The van der Waals surface area contributed by atoms with Crippen molar-refractivity contribution < 1.29 is 14.7 Å². The van der Waals surface area contributed by atoms with Crippen molar-refractivity contribution in [1.82, 2.24) is 5.06 Å². The summed E-state index contributed by atoms with van der Waals surface area (Å²) in [5.41, 5.74) is -0.838. The van der Waals surface area contributed by atoms with Gasteiger partial charge in [-0.2, -0.15) is 5.06 Å². The predicted octanol–water partition coefficient (Wildman–Crippen LogP) is 1.18. The summed E-state index contributed by atoms with van der Waals surface area (Å²) >= 11 is 0. The maximum atomic E-state index is 11.5. The van der Waals surface area contributed by atoms with Gasteiger partial charge in [0.2, 0.25) is 0 Å². The third kappa shape index (κ3) is 1.69. The van der Waals surface area contributed by atoms with Crippen LogP contribution in [0.3, 0.4) is 0 Å². The van der Waals surface area contributed by atoms with Crippen LogP contribution in [0.2, 0.25) is 0 Å². The lowest BCUT2D eigenvalue weighted by Crippen LogP contribution is -2.49. The molecule has 0 bridgehead atoms. The Morgan fingerprint density at radius 3 is 2.77 bits per heavy atom. The number of carbonyl (C=O) groups is 1. The van der Waals surface area contributed by atoms with Crippen LogP contribution in [0.25, 0.3) is 0 Å². The van der Waals surface area contributed by atoms with Crippen LogP contribution in [0.5, 0.6) is 0 Å². The van der Waals surface area contributed by atoms with Gasteiger partial charge in [-0.3, -0.25) is 0 Å². The summed E-state index contributed by atoms with van der Waals surface area (Å²) in [6.45, 7) is 5.73. The van der Waals surface area contributed by atoms with Gasteiger partial charge in [0, 0.05) is 6.04 Å². The van der Waals surface area contributed by atoms with E-state index in [2.05, 4.69) is 0 Å². The molecule has 0 aromatic carbocycles. The van der Waals surface area contributed by atoms with Crippen LogP contribution in [0, 0.1) is 0 Å². The molecule has 2 atom stereocenters. The Labute approximate surface area is 78.4 Å².